The van der Waals surface area contributed by atoms with Gasteiger partial charge in [-0.15, -0.1) is 0 Å². The van der Waals surface area contributed by atoms with Crippen LogP contribution < -0.4 is 0 Å². The second-order valence-electron chi connectivity index (χ2n) is 7.32. The average Bonchev–Trinajstić information content (AvgIpc) is 3.14. The molecule has 0 spiro atoms. The molecule has 5 aromatic rings. The molecule has 0 aliphatic rings. The predicted octanol–water partition coefficient (Wildman–Crippen LogP) is 5.58. The van der Waals surface area contributed by atoms with E-state index in [9.17, 15) is 9.18 Å². The van der Waals surface area contributed by atoms with Crippen molar-refractivity contribution in [1.82, 2.24) is 14.8 Å². The van der Waals surface area contributed by atoms with Gasteiger partial charge in [0.05, 0.1) is 5.52 Å². The van der Waals surface area contributed by atoms with E-state index in [1.807, 2.05) is 55.5 Å². The molecule has 0 saturated heterocycles. The van der Waals surface area contributed by atoms with Gasteiger partial charge >= 0.3 is 0 Å². The number of aromatic nitrogens is 3. The van der Waals surface area contributed by atoms with Crippen LogP contribution in [0.3, 0.4) is 0 Å². The van der Waals surface area contributed by atoms with Gasteiger partial charge in [0.15, 0.2) is 5.78 Å². The topological polar surface area (TPSA) is 47.8 Å². The van der Waals surface area contributed by atoms with Gasteiger partial charge < -0.3 is 0 Å². The molecule has 4 nitrogen and oxygen atoms in total. The Balaban J connectivity index is 1.74. The lowest BCUT2D eigenvalue weighted by Gasteiger charge is -2.06. The smallest absolute Gasteiger partial charge is 0.184 e. The van der Waals surface area contributed by atoms with E-state index in [0.29, 0.717) is 16.5 Å². The molecule has 5 rings (SSSR count). The first-order valence-electron chi connectivity index (χ1n) is 9.71. The van der Waals surface area contributed by atoms with Crippen LogP contribution in [0.15, 0.2) is 79.0 Å². The zero-order chi connectivity index (χ0) is 20.7. The zero-order valence-corrected chi connectivity index (χ0v) is 16.3. The van der Waals surface area contributed by atoms with Gasteiger partial charge in [-0.2, -0.15) is 5.10 Å². The monoisotopic (exact) mass is 395 g/mol. The summed E-state index contributed by atoms with van der Waals surface area (Å²) in [4.78, 5) is 17.3. The summed E-state index contributed by atoms with van der Waals surface area (Å²) in [6, 6.07) is 22.0. The fraction of sp³-hybridized carbons (Fsp3) is 0.0800. The molecule has 146 valence electrons. The number of fused-ring (bicyclic) bond motifs is 3. The van der Waals surface area contributed by atoms with Crippen LogP contribution in [0.2, 0.25) is 0 Å². The average molecular weight is 395 g/mol. The van der Waals surface area contributed by atoms with Crippen molar-refractivity contribution < 1.29 is 9.18 Å². The highest BCUT2D eigenvalue weighted by atomic mass is 19.1. The maximum absolute atomic E-state index is 14.4. The fourth-order valence-corrected chi connectivity index (χ4v) is 3.74. The van der Waals surface area contributed by atoms with Gasteiger partial charge in [0.1, 0.15) is 23.6 Å². The Morgan fingerprint density at radius 3 is 2.47 bits per heavy atom. The lowest BCUT2D eigenvalue weighted by molar-refractivity contribution is 0.0969. The van der Waals surface area contributed by atoms with Crippen molar-refractivity contribution in [3.63, 3.8) is 0 Å². The van der Waals surface area contributed by atoms with E-state index in [0.717, 1.165) is 22.2 Å². The Morgan fingerprint density at radius 2 is 1.70 bits per heavy atom. The maximum Gasteiger partial charge on any atom is 0.184 e. The molecular weight excluding hydrogens is 377 g/mol. The fourth-order valence-electron chi connectivity index (χ4n) is 3.74. The van der Waals surface area contributed by atoms with Crippen molar-refractivity contribution in [2.75, 3.05) is 0 Å². The summed E-state index contributed by atoms with van der Waals surface area (Å²) in [7, 11) is 0. The molecule has 0 saturated carbocycles. The summed E-state index contributed by atoms with van der Waals surface area (Å²) in [5.41, 5.74) is 4.39. The van der Waals surface area contributed by atoms with Gasteiger partial charge in [-0.05, 0) is 13.0 Å². The highest BCUT2D eigenvalue weighted by molar-refractivity contribution is 6.09. The standard InChI is InChI=1S/C25H18FN3O/c1-16-10-12-18(13-11-16)23-20-14-27-24-19(8-5-9-21(24)26)25(20)29(28-23)15-22(30)17-6-3-2-4-7-17/h2-14H,15H2,1H3. The number of rotatable bonds is 4. The number of hydrogen-bond donors (Lipinski definition) is 0. The van der Waals surface area contributed by atoms with E-state index in [2.05, 4.69) is 4.98 Å². The summed E-state index contributed by atoms with van der Waals surface area (Å²) in [5, 5.41) is 6.20. The number of Topliss-reactive ketones (excluding diaryl/α,β-unsaturated/α-hetero) is 1. The molecular formula is C25H18FN3O. The van der Waals surface area contributed by atoms with Crippen LogP contribution in [0.25, 0.3) is 33.1 Å². The van der Waals surface area contributed by atoms with Gasteiger partial charge in [0, 0.05) is 28.1 Å². The van der Waals surface area contributed by atoms with Gasteiger partial charge in [0.2, 0.25) is 0 Å². The number of nitrogens with zero attached hydrogens (tertiary/aromatic N) is 3. The lowest BCUT2D eigenvalue weighted by Crippen LogP contribution is -2.12. The second-order valence-corrected chi connectivity index (χ2v) is 7.32. The molecule has 0 N–H and O–H groups in total. The van der Waals surface area contributed by atoms with Crippen molar-refractivity contribution in [2.24, 2.45) is 0 Å². The van der Waals surface area contributed by atoms with Crippen molar-refractivity contribution in [1.29, 1.82) is 0 Å². The van der Waals surface area contributed by atoms with Crippen LogP contribution in [0.5, 0.6) is 0 Å². The minimum absolute atomic E-state index is 0.0575. The first-order valence-corrected chi connectivity index (χ1v) is 9.71. The number of aryl methyl sites for hydroxylation is 1. The summed E-state index contributed by atoms with van der Waals surface area (Å²) < 4.78 is 16.1. The third-order valence-corrected chi connectivity index (χ3v) is 5.27. The van der Waals surface area contributed by atoms with E-state index in [4.69, 9.17) is 5.10 Å². The Bertz CT molecular complexity index is 1390. The SMILES string of the molecule is Cc1ccc(-c2nn(CC(=O)c3ccccc3)c3c2cnc2c(F)cccc23)cc1. The molecule has 0 bridgehead atoms. The van der Waals surface area contributed by atoms with E-state index in [1.54, 1.807) is 29.1 Å². The number of carbonyl (C=O) groups is 1. The van der Waals surface area contributed by atoms with Crippen LogP contribution in [0.1, 0.15) is 15.9 Å². The van der Waals surface area contributed by atoms with Crippen molar-refractivity contribution in [3.8, 4) is 11.3 Å². The van der Waals surface area contributed by atoms with Crippen molar-refractivity contribution in [2.45, 2.75) is 13.5 Å². The molecule has 3 aromatic carbocycles. The molecule has 5 heteroatoms. The van der Waals surface area contributed by atoms with Gasteiger partial charge in [-0.25, -0.2) is 4.39 Å². The van der Waals surface area contributed by atoms with Gasteiger partial charge in [-0.1, -0.05) is 72.3 Å². The highest BCUT2D eigenvalue weighted by Crippen LogP contribution is 2.33. The Hall–Kier alpha value is -3.86. The normalized spacial score (nSPS) is 11.3. The Labute approximate surface area is 172 Å². The van der Waals surface area contributed by atoms with Gasteiger partial charge in [-0.3, -0.25) is 14.5 Å². The number of carbonyl (C=O) groups excluding carboxylic acids is 1. The highest BCUT2D eigenvalue weighted by Gasteiger charge is 2.19. The number of para-hydroxylation sites is 1. The quantitative estimate of drug-likeness (QED) is 0.373. The van der Waals surface area contributed by atoms with E-state index < -0.39 is 5.82 Å². The molecule has 2 aromatic heterocycles. The van der Waals surface area contributed by atoms with E-state index >= 15 is 0 Å². The molecule has 0 amide bonds. The molecule has 30 heavy (non-hydrogen) atoms. The Kier molecular flexibility index (Phi) is 4.36. The number of hydrogen-bond acceptors (Lipinski definition) is 3. The maximum atomic E-state index is 14.4. The number of benzene rings is 3. The van der Waals surface area contributed by atoms with Crippen LogP contribution in [0.4, 0.5) is 4.39 Å². The minimum Gasteiger partial charge on any atom is -0.292 e. The molecule has 0 fully saturated rings. The first-order chi connectivity index (χ1) is 14.6. The number of pyridine rings is 1. The predicted molar refractivity (Wildman–Crippen MR) is 116 cm³/mol. The third-order valence-electron chi connectivity index (χ3n) is 5.27. The Morgan fingerprint density at radius 1 is 0.933 bits per heavy atom. The summed E-state index contributed by atoms with van der Waals surface area (Å²) >= 11 is 0. The number of ketones is 1. The van der Waals surface area contributed by atoms with Crippen LogP contribution in [0, 0.1) is 12.7 Å². The molecule has 0 aliphatic carbocycles. The molecule has 0 radical (unpaired) electrons. The van der Waals surface area contributed by atoms with Crippen LogP contribution >= 0.6 is 0 Å². The molecule has 2 heterocycles. The second kappa shape index (κ2) is 7.19. The molecule has 0 aliphatic heterocycles. The largest absolute Gasteiger partial charge is 0.292 e. The molecule has 0 unspecified atom stereocenters. The zero-order valence-electron chi connectivity index (χ0n) is 16.3. The van der Waals surface area contributed by atoms with Crippen LogP contribution in [-0.2, 0) is 6.54 Å². The lowest BCUT2D eigenvalue weighted by atomic mass is 10.1. The summed E-state index contributed by atoms with van der Waals surface area (Å²) in [5.74, 6) is -0.453. The third kappa shape index (κ3) is 3.05. The van der Waals surface area contributed by atoms with Crippen molar-refractivity contribution in [3.05, 3.63) is 95.9 Å². The van der Waals surface area contributed by atoms with Crippen LogP contribution in [-0.4, -0.2) is 20.5 Å². The summed E-state index contributed by atoms with van der Waals surface area (Å²) in [6.07, 6.45) is 1.65. The molecule has 0 atom stereocenters. The minimum atomic E-state index is -0.395. The van der Waals surface area contributed by atoms with E-state index in [-0.39, 0.29) is 17.8 Å². The number of halogens is 1. The van der Waals surface area contributed by atoms with Gasteiger partial charge in [0.25, 0.3) is 0 Å². The first kappa shape index (κ1) is 18.2. The van der Waals surface area contributed by atoms with Crippen molar-refractivity contribution >= 4 is 27.6 Å². The van der Waals surface area contributed by atoms with E-state index in [1.165, 1.54) is 6.07 Å². The summed E-state index contributed by atoms with van der Waals surface area (Å²) in [6.45, 7) is 2.08.